The molecule has 0 saturated heterocycles. The van der Waals surface area contributed by atoms with Crippen LogP contribution in [0.25, 0.3) is 22.2 Å². The van der Waals surface area contributed by atoms with E-state index >= 15 is 0 Å². The van der Waals surface area contributed by atoms with E-state index in [1.54, 1.807) is 18.2 Å². The van der Waals surface area contributed by atoms with Crippen LogP contribution in [0.2, 0.25) is 0 Å². The molecule has 0 aliphatic heterocycles. The number of hydrogen-bond acceptors (Lipinski definition) is 6. The van der Waals surface area contributed by atoms with E-state index in [1.165, 1.54) is 12.6 Å². The number of nitrogens with zero attached hydrogens (tertiary/aromatic N) is 3. The van der Waals surface area contributed by atoms with Crippen molar-refractivity contribution in [1.82, 2.24) is 14.5 Å². The van der Waals surface area contributed by atoms with E-state index in [-0.39, 0.29) is 4.90 Å². The number of rotatable bonds is 4. The lowest BCUT2D eigenvalue weighted by molar-refractivity contribution is 0.209. The molecule has 3 aromatic rings. The Kier molecular flexibility index (Phi) is 3.96. The molecular formula is C18H21N5O2S. The lowest BCUT2D eigenvalue weighted by atomic mass is 9.80. The van der Waals surface area contributed by atoms with Crippen LogP contribution in [0.1, 0.15) is 18.9 Å². The molecule has 0 amide bonds. The van der Waals surface area contributed by atoms with Gasteiger partial charge in [-0.3, -0.25) is 0 Å². The summed E-state index contributed by atoms with van der Waals surface area (Å²) in [6.45, 7) is 0.691. The second kappa shape index (κ2) is 6.07. The van der Waals surface area contributed by atoms with Gasteiger partial charge in [0.1, 0.15) is 17.8 Å². The summed E-state index contributed by atoms with van der Waals surface area (Å²) in [6.07, 6.45) is 6.69. The first-order valence-electron chi connectivity index (χ1n) is 8.50. The minimum atomic E-state index is -3.29. The highest BCUT2D eigenvalue weighted by Crippen LogP contribution is 2.42. The summed E-state index contributed by atoms with van der Waals surface area (Å²) in [5.74, 6) is 0.928. The summed E-state index contributed by atoms with van der Waals surface area (Å²) in [5, 5.41) is 0.759. The molecule has 1 aromatic carbocycles. The second-order valence-corrected chi connectivity index (χ2v) is 8.95. The molecule has 136 valence electrons. The van der Waals surface area contributed by atoms with Gasteiger partial charge in [0, 0.05) is 24.1 Å². The maximum absolute atomic E-state index is 11.9. The first-order valence-corrected chi connectivity index (χ1v) is 10.4. The molecule has 7 nitrogen and oxygen atoms in total. The van der Waals surface area contributed by atoms with Crippen LogP contribution >= 0.6 is 0 Å². The van der Waals surface area contributed by atoms with Gasteiger partial charge in [-0.25, -0.2) is 18.4 Å². The minimum Gasteiger partial charge on any atom is -0.383 e. The molecule has 0 radical (unpaired) electrons. The molecule has 8 heteroatoms. The van der Waals surface area contributed by atoms with Crippen molar-refractivity contribution in [2.75, 3.05) is 18.5 Å². The molecule has 4 N–H and O–H groups in total. The van der Waals surface area contributed by atoms with Crippen molar-refractivity contribution >= 4 is 26.7 Å². The smallest absolute Gasteiger partial charge is 0.175 e. The Hall–Kier alpha value is -2.45. The number of fused-ring (bicyclic) bond motifs is 1. The van der Waals surface area contributed by atoms with E-state index in [9.17, 15) is 8.42 Å². The highest BCUT2D eigenvalue weighted by molar-refractivity contribution is 7.90. The highest BCUT2D eigenvalue weighted by Gasteiger charge is 2.31. The van der Waals surface area contributed by atoms with Crippen molar-refractivity contribution in [3.05, 3.63) is 36.8 Å². The number of aromatic nitrogens is 3. The second-order valence-electron chi connectivity index (χ2n) is 6.93. The van der Waals surface area contributed by atoms with Crippen LogP contribution in [0, 0.1) is 5.92 Å². The molecule has 0 unspecified atom stereocenters. The largest absolute Gasteiger partial charge is 0.383 e. The van der Waals surface area contributed by atoms with Crippen LogP contribution in [0.5, 0.6) is 0 Å². The summed E-state index contributed by atoms with van der Waals surface area (Å²) in [4.78, 5) is 8.84. The zero-order valence-corrected chi connectivity index (χ0v) is 15.3. The van der Waals surface area contributed by atoms with Gasteiger partial charge in [0.15, 0.2) is 9.84 Å². The topological polar surface area (TPSA) is 117 Å². The Bertz CT molecular complexity index is 1080. The zero-order chi connectivity index (χ0) is 18.5. The fraction of sp³-hybridized carbons (Fsp3) is 0.333. The van der Waals surface area contributed by atoms with Crippen molar-refractivity contribution in [1.29, 1.82) is 0 Å². The SMILES string of the molecule is CS(=O)(=O)c1cccc(-c2cn(C3CC(CN)C3)c3ncnc(N)c23)c1. The van der Waals surface area contributed by atoms with Gasteiger partial charge in [-0.2, -0.15) is 0 Å². The number of sulfone groups is 1. The van der Waals surface area contributed by atoms with E-state index < -0.39 is 9.84 Å². The molecule has 1 aliphatic carbocycles. The van der Waals surface area contributed by atoms with E-state index in [1.807, 2.05) is 12.3 Å². The summed E-state index contributed by atoms with van der Waals surface area (Å²) in [6, 6.07) is 7.21. The van der Waals surface area contributed by atoms with Gasteiger partial charge < -0.3 is 16.0 Å². The Morgan fingerprint density at radius 2 is 2.04 bits per heavy atom. The van der Waals surface area contributed by atoms with Gasteiger partial charge in [0.2, 0.25) is 0 Å². The number of nitrogens with two attached hydrogens (primary N) is 2. The van der Waals surface area contributed by atoms with Gasteiger partial charge in [-0.1, -0.05) is 12.1 Å². The minimum absolute atomic E-state index is 0.276. The number of nitrogen functional groups attached to an aromatic ring is 1. The van der Waals surface area contributed by atoms with Gasteiger partial charge >= 0.3 is 0 Å². The van der Waals surface area contributed by atoms with E-state index in [2.05, 4.69) is 14.5 Å². The molecule has 0 spiro atoms. The molecule has 1 saturated carbocycles. The van der Waals surface area contributed by atoms with Gasteiger partial charge in [-0.15, -0.1) is 0 Å². The summed E-state index contributed by atoms with van der Waals surface area (Å²) in [5.41, 5.74) is 14.3. The quantitative estimate of drug-likeness (QED) is 0.724. The van der Waals surface area contributed by atoms with Crippen LogP contribution in [0.3, 0.4) is 0 Å². The number of hydrogen-bond donors (Lipinski definition) is 2. The molecule has 26 heavy (non-hydrogen) atoms. The fourth-order valence-electron chi connectivity index (χ4n) is 3.62. The van der Waals surface area contributed by atoms with Crippen LogP contribution in [-0.4, -0.2) is 35.8 Å². The average molecular weight is 371 g/mol. The van der Waals surface area contributed by atoms with Crippen LogP contribution < -0.4 is 11.5 Å². The standard InChI is InChI=1S/C18H21N5O2S/c1-26(24,25)14-4-2-3-12(7-14)15-9-23(13-5-11(6-13)8-19)18-16(15)17(20)21-10-22-18/h2-4,7,9-11,13H,5-6,8,19H2,1H3,(H2,20,21,22). The maximum atomic E-state index is 11.9. The summed E-state index contributed by atoms with van der Waals surface area (Å²) in [7, 11) is -3.29. The van der Waals surface area contributed by atoms with Crippen molar-refractivity contribution in [2.45, 2.75) is 23.8 Å². The first kappa shape index (κ1) is 17.0. The molecular weight excluding hydrogens is 350 g/mol. The van der Waals surface area contributed by atoms with Gasteiger partial charge in [-0.05, 0) is 43.0 Å². The normalized spacial score (nSPS) is 20.2. The molecule has 1 fully saturated rings. The third-order valence-corrected chi connectivity index (χ3v) is 6.26. The van der Waals surface area contributed by atoms with Gasteiger partial charge in [0.05, 0.1) is 10.3 Å². The average Bonchev–Trinajstić information content (AvgIpc) is 2.94. The fourth-order valence-corrected chi connectivity index (χ4v) is 4.29. The summed E-state index contributed by atoms with van der Waals surface area (Å²) < 4.78 is 26.0. The van der Waals surface area contributed by atoms with E-state index in [4.69, 9.17) is 11.5 Å². The molecule has 2 heterocycles. The monoisotopic (exact) mass is 371 g/mol. The van der Waals surface area contributed by atoms with Crippen LogP contribution in [0.4, 0.5) is 5.82 Å². The highest BCUT2D eigenvalue weighted by atomic mass is 32.2. The van der Waals surface area contributed by atoms with Crippen molar-refractivity contribution in [3.63, 3.8) is 0 Å². The van der Waals surface area contributed by atoms with E-state index in [0.29, 0.717) is 24.3 Å². The van der Waals surface area contributed by atoms with Crippen molar-refractivity contribution < 1.29 is 8.42 Å². The molecule has 1 aliphatic rings. The van der Waals surface area contributed by atoms with Gasteiger partial charge in [0.25, 0.3) is 0 Å². The number of benzene rings is 1. The Labute approximate surface area is 152 Å². The maximum Gasteiger partial charge on any atom is 0.175 e. The third-order valence-electron chi connectivity index (χ3n) is 5.15. The lowest BCUT2D eigenvalue weighted by Crippen LogP contribution is -2.31. The summed E-state index contributed by atoms with van der Waals surface area (Å²) >= 11 is 0. The zero-order valence-electron chi connectivity index (χ0n) is 14.5. The molecule has 0 atom stereocenters. The lowest BCUT2D eigenvalue weighted by Gasteiger charge is -2.35. The predicted octanol–water partition coefficient (Wildman–Crippen LogP) is 1.99. The van der Waals surface area contributed by atoms with Crippen LogP contribution in [0.15, 0.2) is 41.7 Å². The Morgan fingerprint density at radius 1 is 1.27 bits per heavy atom. The Balaban J connectivity index is 1.89. The van der Waals surface area contributed by atoms with Crippen LogP contribution in [-0.2, 0) is 9.84 Å². The third kappa shape index (κ3) is 2.75. The van der Waals surface area contributed by atoms with E-state index in [0.717, 1.165) is 35.0 Å². The Morgan fingerprint density at radius 3 is 2.73 bits per heavy atom. The van der Waals surface area contributed by atoms with Crippen molar-refractivity contribution in [2.24, 2.45) is 11.7 Å². The first-order chi connectivity index (χ1) is 12.4. The predicted molar refractivity (Wildman–Crippen MR) is 101 cm³/mol. The molecule has 2 aromatic heterocycles. The van der Waals surface area contributed by atoms with Crippen molar-refractivity contribution in [3.8, 4) is 11.1 Å². The number of anilines is 1. The molecule has 4 rings (SSSR count). The molecule has 0 bridgehead atoms.